The lowest BCUT2D eigenvalue weighted by molar-refractivity contribution is 0.472. The van der Waals surface area contributed by atoms with Gasteiger partial charge in [0.25, 0.3) is 0 Å². The van der Waals surface area contributed by atoms with Crippen LogP contribution in [0.1, 0.15) is 6.42 Å². The van der Waals surface area contributed by atoms with Crippen molar-refractivity contribution in [3.05, 3.63) is 29.3 Å². The minimum absolute atomic E-state index is 0. The summed E-state index contributed by atoms with van der Waals surface area (Å²) in [7, 11) is -3.43. The van der Waals surface area contributed by atoms with Gasteiger partial charge in [-0.05, 0) is 24.6 Å². The van der Waals surface area contributed by atoms with Crippen LogP contribution in [0.4, 0.5) is 0 Å². The van der Waals surface area contributed by atoms with Gasteiger partial charge in [0, 0.05) is 24.2 Å². The average Bonchev–Trinajstić information content (AvgIpc) is 2.65. The molecule has 1 aromatic rings. The molecule has 1 heterocycles. The normalized spacial score (nSPS) is 21.2. The Balaban J connectivity index is 0.00000144. The van der Waals surface area contributed by atoms with Crippen LogP contribution in [0.2, 0.25) is 5.02 Å². The van der Waals surface area contributed by atoms with Gasteiger partial charge in [0.15, 0.2) is 0 Å². The number of nitrogens with two attached hydrogens (primary N) is 1. The number of sulfonamides is 1. The van der Waals surface area contributed by atoms with E-state index in [9.17, 15) is 8.42 Å². The molecule has 0 aliphatic carbocycles. The molecule has 0 unspecified atom stereocenters. The van der Waals surface area contributed by atoms with Crippen LogP contribution in [0.15, 0.2) is 29.2 Å². The Hall–Kier alpha value is -0.330. The Labute approximate surface area is 112 Å². The van der Waals surface area contributed by atoms with Crippen LogP contribution in [-0.4, -0.2) is 31.9 Å². The van der Waals surface area contributed by atoms with E-state index in [1.807, 2.05) is 0 Å². The van der Waals surface area contributed by atoms with Crippen molar-refractivity contribution in [2.75, 3.05) is 13.1 Å². The topological polar surface area (TPSA) is 63.4 Å². The maximum atomic E-state index is 12.1. The highest BCUT2D eigenvalue weighted by atomic mass is 35.5. The van der Waals surface area contributed by atoms with Crippen LogP contribution >= 0.6 is 24.0 Å². The highest BCUT2D eigenvalue weighted by Crippen LogP contribution is 2.22. The van der Waals surface area contributed by atoms with E-state index < -0.39 is 10.0 Å². The minimum atomic E-state index is -3.43. The molecule has 0 bridgehead atoms. The van der Waals surface area contributed by atoms with E-state index in [4.69, 9.17) is 17.3 Å². The number of nitrogens with zero attached hydrogens (tertiary/aromatic N) is 1. The summed E-state index contributed by atoms with van der Waals surface area (Å²) >= 11 is 5.78. The van der Waals surface area contributed by atoms with E-state index in [2.05, 4.69) is 0 Å². The highest BCUT2D eigenvalue weighted by molar-refractivity contribution is 7.89. The summed E-state index contributed by atoms with van der Waals surface area (Å²) < 4.78 is 25.7. The van der Waals surface area contributed by atoms with Crippen molar-refractivity contribution in [3.63, 3.8) is 0 Å². The summed E-state index contributed by atoms with van der Waals surface area (Å²) in [6.45, 7) is 0.866. The van der Waals surface area contributed by atoms with E-state index in [0.29, 0.717) is 24.5 Å². The largest absolute Gasteiger partial charge is 0.326 e. The van der Waals surface area contributed by atoms with Gasteiger partial charge in [0.1, 0.15) is 0 Å². The molecule has 1 saturated heterocycles. The second-order valence-corrected chi connectivity index (χ2v) is 6.24. The average molecular weight is 297 g/mol. The van der Waals surface area contributed by atoms with Crippen LogP contribution in [-0.2, 0) is 10.0 Å². The molecule has 17 heavy (non-hydrogen) atoms. The summed E-state index contributed by atoms with van der Waals surface area (Å²) in [5.74, 6) is 0. The maximum absolute atomic E-state index is 12.1. The lowest BCUT2D eigenvalue weighted by atomic mass is 10.3. The SMILES string of the molecule is Cl.N[C@@H]1CCN(S(=O)(=O)c2cccc(Cl)c2)C1. The van der Waals surface area contributed by atoms with Crippen molar-refractivity contribution < 1.29 is 8.42 Å². The van der Waals surface area contributed by atoms with Crippen molar-refractivity contribution in [2.45, 2.75) is 17.4 Å². The lowest BCUT2D eigenvalue weighted by Crippen LogP contribution is -2.31. The van der Waals surface area contributed by atoms with Crippen molar-refractivity contribution in [1.29, 1.82) is 0 Å². The predicted molar refractivity (Wildman–Crippen MR) is 70.1 cm³/mol. The number of halogens is 2. The van der Waals surface area contributed by atoms with E-state index in [0.717, 1.165) is 0 Å². The molecule has 1 aliphatic rings. The zero-order chi connectivity index (χ0) is 11.8. The van der Waals surface area contributed by atoms with Gasteiger partial charge in [-0.25, -0.2) is 8.42 Å². The fourth-order valence-electron chi connectivity index (χ4n) is 1.75. The molecule has 1 atom stereocenters. The van der Waals surface area contributed by atoms with Crippen LogP contribution in [0, 0.1) is 0 Å². The highest BCUT2D eigenvalue weighted by Gasteiger charge is 2.30. The van der Waals surface area contributed by atoms with E-state index in [-0.39, 0.29) is 23.3 Å². The number of rotatable bonds is 2. The van der Waals surface area contributed by atoms with Gasteiger partial charge < -0.3 is 5.73 Å². The maximum Gasteiger partial charge on any atom is 0.243 e. The molecule has 0 radical (unpaired) electrons. The van der Waals surface area contributed by atoms with Gasteiger partial charge in [-0.1, -0.05) is 17.7 Å². The first-order valence-electron chi connectivity index (χ1n) is 5.01. The summed E-state index contributed by atoms with van der Waals surface area (Å²) in [5, 5.41) is 0.421. The molecule has 0 saturated carbocycles. The first-order valence-corrected chi connectivity index (χ1v) is 6.83. The third kappa shape index (κ3) is 3.11. The molecule has 1 aliphatic heterocycles. The van der Waals surface area contributed by atoms with Crippen LogP contribution in [0.25, 0.3) is 0 Å². The Morgan fingerprint density at radius 2 is 2.12 bits per heavy atom. The smallest absolute Gasteiger partial charge is 0.243 e. The fraction of sp³-hybridized carbons (Fsp3) is 0.400. The van der Waals surface area contributed by atoms with Gasteiger partial charge in [0.2, 0.25) is 10.0 Å². The molecular weight excluding hydrogens is 283 g/mol. The van der Waals surface area contributed by atoms with Gasteiger partial charge in [-0.15, -0.1) is 12.4 Å². The van der Waals surface area contributed by atoms with Crippen molar-refractivity contribution >= 4 is 34.0 Å². The summed E-state index contributed by atoms with van der Waals surface area (Å²) in [4.78, 5) is 0.231. The molecular formula is C10H14Cl2N2O2S. The fourth-order valence-corrected chi connectivity index (χ4v) is 3.56. The number of hydrogen-bond acceptors (Lipinski definition) is 3. The third-order valence-electron chi connectivity index (χ3n) is 2.62. The second-order valence-electron chi connectivity index (χ2n) is 3.87. The third-order valence-corrected chi connectivity index (χ3v) is 4.72. The second kappa shape index (κ2) is 5.54. The molecule has 1 fully saturated rings. The molecule has 96 valence electrons. The first kappa shape index (κ1) is 14.7. The van der Waals surface area contributed by atoms with Crippen LogP contribution < -0.4 is 5.73 Å². The Morgan fingerprint density at radius 1 is 1.41 bits per heavy atom. The number of benzene rings is 1. The Morgan fingerprint density at radius 3 is 2.65 bits per heavy atom. The molecule has 1 aromatic carbocycles. The summed E-state index contributed by atoms with van der Waals surface area (Å²) in [6.07, 6.45) is 0.708. The first-order chi connectivity index (χ1) is 7.50. The standard InChI is InChI=1S/C10H13ClN2O2S.ClH/c11-8-2-1-3-10(6-8)16(14,15)13-5-4-9(12)7-13;/h1-3,6,9H,4-5,7,12H2;1H/t9-;/m1./s1. The zero-order valence-corrected chi connectivity index (χ0v) is 11.4. The molecule has 2 rings (SSSR count). The molecule has 0 aromatic heterocycles. The van der Waals surface area contributed by atoms with E-state index in [1.54, 1.807) is 18.2 Å². The van der Waals surface area contributed by atoms with Gasteiger partial charge in [-0.3, -0.25) is 0 Å². The molecule has 0 spiro atoms. The molecule has 0 amide bonds. The Kier molecular flexibility index (Phi) is 4.80. The molecule has 2 N–H and O–H groups in total. The lowest BCUT2D eigenvalue weighted by Gasteiger charge is -2.15. The quantitative estimate of drug-likeness (QED) is 0.899. The van der Waals surface area contributed by atoms with E-state index in [1.165, 1.54) is 10.4 Å². The van der Waals surface area contributed by atoms with Crippen molar-refractivity contribution in [3.8, 4) is 0 Å². The van der Waals surface area contributed by atoms with Gasteiger partial charge in [-0.2, -0.15) is 4.31 Å². The summed E-state index contributed by atoms with van der Waals surface area (Å²) in [6, 6.07) is 6.22. The molecule has 7 heteroatoms. The van der Waals surface area contributed by atoms with Crippen molar-refractivity contribution in [2.24, 2.45) is 5.73 Å². The van der Waals surface area contributed by atoms with Crippen LogP contribution in [0.5, 0.6) is 0 Å². The summed E-state index contributed by atoms with van der Waals surface area (Å²) in [5.41, 5.74) is 5.70. The van der Waals surface area contributed by atoms with Crippen molar-refractivity contribution in [1.82, 2.24) is 4.31 Å². The van der Waals surface area contributed by atoms with E-state index >= 15 is 0 Å². The van der Waals surface area contributed by atoms with Gasteiger partial charge >= 0.3 is 0 Å². The van der Waals surface area contributed by atoms with Crippen LogP contribution in [0.3, 0.4) is 0 Å². The Bertz CT molecular complexity index is 493. The monoisotopic (exact) mass is 296 g/mol. The zero-order valence-electron chi connectivity index (χ0n) is 9.04. The number of hydrogen-bond donors (Lipinski definition) is 1. The molecule has 4 nitrogen and oxygen atoms in total. The minimum Gasteiger partial charge on any atom is -0.326 e. The predicted octanol–water partition coefficient (Wildman–Crippen LogP) is 1.48. The van der Waals surface area contributed by atoms with Gasteiger partial charge in [0.05, 0.1) is 4.90 Å².